The normalized spacial score (nSPS) is 16.9. The molecular formula is C26H20FN3O2S. The summed E-state index contributed by atoms with van der Waals surface area (Å²) in [5.41, 5.74) is 2.16. The van der Waals surface area contributed by atoms with Crippen molar-refractivity contribution in [3.8, 4) is 6.07 Å². The summed E-state index contributed by atoms with van der Waals surface area (Å²) < 4.78 is 13.3. The molecule has 0 radical (unpaired) electrons. The maximum atomic E-state index is 13.4. The molecule has 1 aliphatic heterocycles. The molecule has 7 heteroatoms. The molecule has 164 valence electrons. The molecule has 3 aromatic rings. The van der Waals surface area contributed by atoms with Crippen LogP contribution in [0.2, 0.25) is 0 Å². The van der Waals surface area contributed by atoms with Gasteiger partial charge in [0.25, 0.3) is 5.91 Å². The van der Waals surface area contributed by atoms with Crippen LogP contribution in [0.15, 0.2) is 95.5 Å². The van der Waals surface area contributed by atoms with E-state index in [4.69, 9.17) is 0 Å². The lowest BCUT2D eigenvalue weighted by atomic mass is 10.1. The van der Waals surface area contributed by atoms with E-state index >= 15 is 0 Å². The highest BCUT2D eigenvalue weighted by Crippen LogP contribution is 2.41. The summed E-state index contributed by atoms with van der Waals surface area (Å²) in [7, 11) is 0. The van der Waals surface area contributed by atoms with E-state index in [0.717, 1.165) is 11.1 Å². The second-order valence-corrected chi connectivity index (χ2v) is 8.60. The zero-order chi connectivity index (χ0) is 23.2. The number of carbonyl (C=O) groups is 2. The van der Waals surface area contributed by atoms with E-state index in [1.807, 2.05) is 42.5 Å². The molecule has 1 heterocycles. The first kappa shape index (κ1) is 22.3. The summed E-state index contributed by atoms with van der Waals surface area (Å²) in [5, 5.41) is 12.4. The number of amides is 2. The van der Waals surface area contributed by atoms with Gasteiger partial charge in [-0.15, -0.1) is 0 Å². The largest absolute Gasteiger partial charge is 0.347 e. The fraction of sp³-hybridized carbons (Fsp3) is 0.115. The molecule has 0 aliphatic carbocycles. The predicted molar refractivity (Wildman–Crippen MR) is 126 cm³/mol. The summed E-state index contributed by atoms with van der Waals surface area (Å²) >= 11 is 1.18. The number of halogens is 1. The number of benzene rings is 3. The number of rotatable bonds is 6. The van der Waals surface area contributed by atoms with Gasteiger partial charge in [0.2, 0.25) is 5.91 Å². The monoisotopic (exact) mass is 457 g/mol. The summed E-state index contributed by atoms with van der Waals surface area (Å²) in [6.07, 6.45) is 0.348. The Balaban J connectivity index is 1.65. The minimum Gasteiger partial charge on any atom is -0.347 e. The van der Waals surface area contributed by atoms with Gasteiger partial charge < -0.3 is 5.32 Å². The Morgan fingerprint density at radius 3 is 2.24 bits per heavy atom. The topological polar surface area (TPSA) is 73.2 Å². The first-order valence-corrected chi connectivity index (χ1v) is 11.2. The minimum atomic E-state index is -0.545. The van der Waals surface area contributed by atoms with Crippen LogP contribution in [0.25, 0.3) is 0 Å². The zero-order valence-corrected chi connectivity index (χ0v) is 18.4. The number of para-hydroxylation sites is 1. The predicted octanol–water partition coefficient (Wildman–Crippen LogP) is 4.57. The maximum Gasteiger partial charge on any atom is 0.264 e. The second kappa shape index (κ2) is 10.2. The Kier molecular flexibility index (Phi) is 6.86. The van der Waals surface area contributed by atoms with Crippen LogP contribution in [0.1, 0.15) is 11.1 Å². The summed E-state index contributed by atoms with van der Waals surface area (Å²) in [6.45, 7) is 0.265. The molecule has 1 N–H and O–H groups in total. The number of nitrogens with one attached hydrogen (secondary N) is 1. The Morgan fingerprint density at radius 1 is 0.970 bits per heavy atom. The molecular weight excluding hydrogens is 437 g/mol. The van der Waals surface area contributed by atoms with Gasteiger partial charge in [-0.05, 0) is 41.8 Å². The van der Waals surface area contributed by atoms with Gasteiger partial charge in [-0.2, -0.15) is 5.26 Å². The minimum absolute atomic E-state index is 0.116. The van der Waals surface area contributed by atoms with Crippen molar-refractivity contribution in [1.29, 1.82) is 5.26 Å². The highest BCUT2D eigenvalue weighted by molar-refractivity contribution is 8.05. The van der Waals surface area contributed by atoms with Crippen LogP contribution in [0, 0.1) is 17.1 Å². The average molecular weight is 458 g/mol. The highest BCUT2D eigenvalue weighted by Gasteiger charge is 2.40. The van der Waals surface area contributed by atoms with Gasteiger partial charge in [0.15, 0.2) is 0 Å². The summed E-state index contributed by atoms with van der Waals surface area (Å²) in [6, 6.07) is 26.3. The molecule has 0 saturated carbocycles. The maximum absolute atomic E-state index is 13.4. The standard InChI is InChI=1S/C26H20FN3O2S/c27-20-13-11-18(12-14-20)15-23-25(32)30(21-9-5-2-6-10-21)26(33-23)22(16-28)24(31)29-17-19-7-3-1-4-8-19/h1-14,23H,15,17H2,(H,29,31)/b26-22-. The van der Waals surface area contributed by atoms with E-state index in [1.54, 1.807) is 36.4 Å². The van der Waals surface area contributed by atoms with Crippen LogP contribution in [0.3, 0.4) is 0 Å². The van der Waals surface area contributed by atoms with E-state index in [0.29, 0.717) is 17.1 Å². The molecule has 33 heavy (non-hydrogen) atoms. The molecule has 0 aromatic heterocycles. The van der Waals surface area contributed by atoms with E-state index in [-0.39, 0.29) is 23.8 Å². The SMILES string of the molecule is N#C/C(C(=O)NCc1ccccc1)=C1/SC(Cc2ccc(F)cc2)C(=O)N1c1ccccc1. The van der Waals surface area contributed by atoms with Crippen molar-refractivity contribution in [2.24, 2.45) is 0 Å². The molecule has 1 atom stereocenters. The van der Waals surface area contributed by atoms with Crippen molar-refractivity contribution in [2.45, 2.75) is 18.2 Å². The summed E-state index contributed by atoms with van der Waals surface area (Å²) in [5.74, 6) is -1.12. The van der Waals surface area contributed by atoms with Crippen LogP contribution in [0.5, 0.6) is 0 Å². The molecule has 0 bridgehead atoms. The molecule has 2 amide bonds. The highest BCUT2D eigenvalue weighted by atomic mass is 32.2. The van der Waals surface area contributed by atoms with Gasteiger partial charge in [0, 0.05) is 12.2 Å². The van der Waals surface area contributed by atoms with Crippen molar-refractivity contribution < 1.29 is 14.0 Å². The van der Waals surface area contributed by atoms with Crippen LogP contribution < -0.4 is 10.2 Å². The Bertz CT molecular complexity index is 1220. The van der Waals surface area contributed by atoms with E-state index in [2.05, 4.69) is 5.32 Å². The van der Waals surface area contributed by atoms with Crippen molar-refractivity contribution in [1.82, 2.24) is 5.32 Å². The molecule has 1 unspecified atom stereocenters. The Morgan fingerprint density at radius 2 is 1.61 bits per heavy atom. The van der Waals surface area contributed by atoms with Gasteiger partial charge in [-0.25, -0.2) is 4.39 Å². The number of nitrogens with zero attached hydrogens (tertiary/aromatic N) is 2. The third-order valence-corrected chi connectivity index (χ3v) is 6.41. The molecule has 1 fully saturated rings. The fourth-order valence-electron chi connectivity index (χ4n) is 3.50. The van der Waals surface area contributed by atoms with Gasteiger partial charge in [-0.3, -0.25) is 14.5 Å². The first-order valence-electron chi connectivity index (χ1n) is 10.3. The quantitative estimate of drug-likeness (QED) is 0.435. The lowest BCUT2D eigenvalue weighted by molar-refractivity contribution is -0.117. The molecule has 4 rings (SSSR count). The van der Waals surface area contributed by atoms with Gasteiger partial charge in [0.1, 0.15) is 22.5 Å². The molecule has 1 saturated heterocycles. The van der Waals surface area contributed by atoms with Crippen molar-refractivity contribution in [2.75, 3.05) is 4.90 Å². The van der Waals surface area contributed by atoms with E-state index in [1.165, 1.54) is 28.8 Å². The van der Waals surface area contributed by atoms with Crippen LogP contribution in [0.4, 0.5) is 10.1 Å². The second-order valence-electron chi connectivity index (χ2n) is 7.41. The fourth-order valence-corrected chi connectivity index (χ4v) is 4.81. The smallest absolute Gasteiger partial charge is 0.264 e. The average Bonchev–Trinajstić information content (AvgIpc) is 3.16. The molecule has 5 nitrogen and oxygen atoms in total. The van der Waals surface area contributed by atoms with Crippen LogP contribution in [-0.2, 0) is 22.6 Å². The Hall–Kier alpha value is -3.89. The third-order valence-electron chi connectivity index (χ3n) is 5.15. The van der Waals surface area contributed by atoms with E-state index < -0.39 is 11.2 Å². The Labute approximate surface area is 195 Å². The molecule has 0 spiro atoms. The van der Waals surface area contributed by atoms with E-state index in [9.17, 15) is 19.2 Å². The molecule has 3 aromatic carbocycles. The number of hydrogen-bond donors (Lipinski definition) is 1. The summed E-state index contributed by atoms with van der Waals surface area (Å²) in [4.78, 5) is 27.7. The van der Waals surface area contributed by atoms with Crippen LogP contribution in [-0.4, -0.2) is 17.1 Å². The first-order chi connectivity index (χ1) is 16.1. The third kappa shape index (κ3) is 5.13. The van der Waals surface area contributed by atoms with Crippen molar-refractivity contribution >= 4 is 29.3 Å². The number of anilines is 1. The lowest BCUT2D eigenvalue weighted by Gasteiger charge is -2.18. The van der Waals surface area contributed by atoms with Gasteiger partial charge >= 0.3 is 0 Å². The van der Waals surface area contributed by atoms with Crippen LogP contribution >= 0.6 is 11.8 Å². The number of nitriles is 1. The van der Waals surface area contributed by atoms with Crippen molar-refractivity contribution in [3.05, 3.63) is 112 Å². The zero-order valence-electron chi connectivity index (χ0n) is 17.6. The number of carbonyl (C=O) groups excluding carboxylic acids is 2. The molecule has 1 aliphatic rings. The van der Waals surface area contributed by atoms with Gasteiger partial charge in [-0.1, -0.05) is 72.4 Å². The number of hydrogen-bond acceptors (Lipinski definition) is 4. The lowest BCUT2D eigenvalue weighted by Crippen LogP contribution is -2.32. The van der Waals surface area contributed by atoms with Gasteiger partial charge in [0.05, 0.1) is 5.25 Å². The van der Waals surface area contributed by atoms with Crippen molar-refractivity contribution in [3.63, 3.8) is 0 Å². The number of thioether (sulfide) groups is 1.